The van der Waals surface area contributed by atoms with Gasteiger partial charge < -0.3 is 0 Å². The summed E-state index contributed by atoms with van der Waals surface area (Å²) in [6.45, 7) is 2.82. The van der Waals surface area contributed by atoms with E-state index in [-0.39, 0.29) is 0 Å². The number of amidine groups is 1. The fraction of sp³-hybridized carbons (Fsp3) is 0.750. The molecule has 0 saturated heterocycles. The minimum absolute atomic E-state index is 0.711. The first-order valence-electron chi connectivity index (χ1n) is 2.59. The van der Waals surface area contributed by atoms with Gasteiger partial charge in [-0.1, -0.05) is 18.7 Å². The monoisotopic (exact) mass is 131 g/mol. The summed E-state index contributed by atoms with van der Waals surface area (Å²) in [5.74, 6) is 1.08. The van der Waals surface area contributed by atoms with Gasteiger partial charge >= 0.3 is 0 Å². The fourth-order valence-electron chi connectivity index (χ4n) is 0.484. The maximum Gasteiger partial charge on any atom is 0.172 e. The van der Waals surface area contributed by atoms with Crippen molar-refractivity contribution in [2.24, 2.45) is 4.99 Å². The second kappa shape index (κ2) is 2.94. The van der Waals surface area contributed by atoms with Crippen molar-refractivity contribution in [3.8, 4) is 0 Å². The molecule has 0 radical (unpaired) electrons. The van der Waals surface area contributed by atoms with Gasteiger partial charge in [-0.3, -0.25) is 5.43 Å². The Labute approximate surface area is 52.9 Å². The summed E-state index contributed by atoms with van der Waals surface area (Å²) in [5.41, 5.74) is 5.80. The highest BCUT2D eigenvalue weighted by molar-refractivity contribution is 8.13. The van der Waals surface area contributed by atoms with Gasteiger partial charge in [0, 0.05) is 0 Å². The molecule has 3 nitrogen and oxygen atoms in total. The van der Waals surface area contributed by atoms with Crippen molar-refractivity contribution in [1.82, 2.24) is 10.9 Å². The second-order valence-corrected chi connectivity index (χ2v) is 2.61. The van der Waals surface area contributed by atoms with Gasteiger partial charge in [-0.05, 0) is 5.75 Å². The standard InChI is InChI=1S/C4H9N3S/c1-2-8-4-5-3-6-7-4/h6H,2-3H2,1H3,(H,5,7). The lowest BCUT2D eigenvalue weighted by Gasteiger charge is -1.95. The molecule has 46 valence electrons. The molecule has 8 heavy (non-hydrogen) atoms. The molecule has 0 aromatic carbocycles. The van der Waals surface area contributed by atoms with E-state index in [1.165, 1.54) is 0 Å². The molecule has 0 spiro atoms. The van der Waals surface area contributed by atoms with Crippen LogP contribution in [0.15, 0.2) is 4.99 Å². The van der Waals surface area contributed by atoms with Crippen molar-refractivity contribution < 1.29 is 0 Å². The maximum atomic E-state index is 4.08. The number of rotatable bonds is 1. The van der Waals surface area contributed by atoms with Crippen molar-refractivity contribution in [1.29, 1.82) is 0 Å². The summed E-state index contributed by atoms with van der Waals surface area (Å²) >= 11 is 1.72. The summed E-state index contributed by atoms with van der Waals surface area (Å²) in [7, 11) is 0. The molecule has 0 fully saturated rings. The van der Waals surface area contributed by atoms with Gasteiger partial charge in [0.2, 0.25) is 0 Å². The Morgan fingerprint density at radius 3 is 3.25 bits per heavy atom. The van der Waals surface area contributed by atoms with Gasteiger partial charge in [-0.25, -0.2) is 10.4 Å². The van der Waals surface area contributed by atoms with E-state index in [0.717, 1.165) is 10.9 Å². The first kappa shape index (κ1) is 5.91. The Morgan fingerprint density at radius 1 is 1.88 bits per heavy atom. The van der Waals surface area contributed by atoms with E-state index in [9.17, 15) is 0 Å². The van der Waals surface area contributed by atoms with E-state index >= 15 is 0 Å². The summed E-state index contributed by atoms with van der Waals surface area (Å²) in [5, 5.41) is 1.01. The van der Waals surface area contributed by atoms with E-state index in [1.54, 1.807) is 11.8 Å². The van der Waals surface area contributed by atoms with Gasteiger partial charge in [0.25, 0.3) is 0 Å². The lowest BCUT2D eigenvalue weighted by Crippen LogP contribution is -2.27. The number of aliphatic imine (C=N–C) groups is 1. The molecular formula is C4H9N3S. The van der Waals surface area contributed by atoms with Crippen molar-refractivity contribution in [2.45, 2.75) is 6.92 Å². The molecule has 0 bridgehead atoms. The Bertz CT molecular complexity index is 101. The average molecular weight is 131 g/mol. The summed E-state index contributed by atoms with van der Waals surface area (Å²) in [6.07, 6.45) is 0. The molecule has 0 aromatic heterocycles. The lowest BCUT2D eigenvalue weighted by atomic mass is 11.0. The quantitative estimate of drug-likeness (QED) is 0.532. The first-order chi connectivity index (χ1) is 3.93. The number of hydrazine groups is 1. The first-order valence-corrected chi connectivity index (χ1v) is 3.58. The SMILES string of the molecule is CCSC1=NCNN1. The van der Waals surface area contributed by atoms with Gasteiger partial charge in [0.1, 0.15) is 6.67 Å². The average Bonchev–Trinajstić information content (AvgIpc) is 2.19. The maximum absolute atomic E-state index is 4.08. The van der Waals surface area contributed by atoms with Crippen LogP contribution >= 0.6 is 11.8 Å². The van der Waals surface area contributed by atoms with Crippen LogP contribution in [0.1, 0.15) is 6.92 Å². The predicted octanol–water partition coefficient (Wildman–Crippen LogP) is 0.161. The van der Waals surface area contributed by atoms with E-state index in [0.29, 0.717) is 6.67 Å². The van der Waals surface area contributed by atoms with Crippen LogP contribution in [-0.2, 0) is 0 Å². The Morgan fingerprint density at radius 2 is 2.75 bits per heavy atom. The van der Waals surface area contributed by atoms with Crippen LogP contribution in [0.25, 0.3) is 0 Å². The summed E-state index contributed by atoms with van der Waals surface area (Å²) in [4.78, 5) is 4.08. The third-order valence-corrected chi connectivity index (χ3v) is 1.57. The summed E-state index contributed by atoms with van der Waals surface area (Å²) in [6, 6.07) is 0. The molecule has 1 aliphatic heterocycles. The minimum atomic E-state index is 0.711. The highest BCUT2D eigenvalue weighted by Crippen LogP contribution is 2.00. The molecule has 0 aromatic rings. The zero-order valence-corrected chi connectivity index (χ0v) is 5.59. The van der Waals surface area contributed by atoms with Crippen LogP contribution < -0.4 is 10.9 Å². The van der Waals surface area contributed by atoms with Crippen molar-refractivity contribution in [2.75, 3.05) is 12.4 Å². The van der Waals surface area contributed by atoms with Crippen molar-refractivity contribution in [3.05, 3.63) is 0 Å². The van der Waals surface area contributed by atoms with E-state index in [4.69, 9.17) is 0 Å². The van der Waals surface area contributed by atoms with E-state index < -0.39 is 0 Å². The smallest absolute Gasteiger partial charge is 0.172 e. The van der Waals surface area contributed by atoms with Crippen LogP contribution in [0, 0.1) is 0 Å². The fourth-order valence-corrected chi connectivity index (χ4v) is 1.06. The number of thioether (sulfide) groups is 1. The molecule has 2 N–H and O–H groups in total. The second-order valence-electron chi connectivity index (χ2n) is 1.36. The molecule has 0 aliphatic carbocycles. The Balaban J connectivity index is 2.23. The third-order valence-electron chi connectivity index (χ3n) is 0.778. The zero-order chi connectivity index (χ0) is 5.82. The van der Waals surface area contributed by atoms with Crippen LogP contribution in [0.5, 0.6) is 0 Å². The van der Waals surface area contributed by atoms with Crippen molar-refractivity contribution in [3.63, 3.8) is 0 Å². The van der Waals surface area contributed by atoms with Crippen LogP contribution in [0.3, 0.4) is 0 Å². The molecule has 0 unspecified atom stereocenters. The van der Waals surface area contributed by atoms with Gasteiger partial charge in [-0.15, -0.1) is 0 Å². The van der Waals surface area contributed by atoms with Crippen molar-refractivity contribution >= 4 is 16.9 Å². The number of hydrogen-bond donors (Lipinski definition) is 2. The normalized spacial score (nSPS) is 17.9. The number of nitrogens with zero attached hydrogens (tertiary/aromatic N) is 1. The zero-order valence-electron chi connectivity index (χ0n) is 4.77. The van der Waals surface area contributed by atoms with E-state index in [2.05, 4.69) is 22.8 Å². The van der Waals surface area contributed by atoms with Gasteiger partial charge in [0.15, 0.2) is 5.17 Å². The third kappa shape index (κ3) is 1.38. The molecule has 1 aliphatic rings. The molecule has 0 atom stereocenters. The minimum Gasteiger partial charge on any atom is -0.299 e. The van der Waals surface area contributed by atoms with Crippen LogP contribution in [-0.4, -0.2) is 17.6 Å². The van der Waals surface area contributed by atoms with E-state index in [1.807, 2.05) is 0 Å². The molecule has 0 saturated carbocycles. The number of hydrogen-bond acceptors (Lipinski definition) is 4. The van der Waals surface area contributed by atoms with Crippen LogP contribution in [0.2, 0.25) is 0 Å². The molecule has 0 amide bonds. The lowest BCUT2D eigenvalue weighted by molar-refractivity contribution is 0.730. The van der Waals surface area contributed by atoms with Crippen LogP contribution in [0.4, 0.5) is 0 Å². The molecular weight excluding hydrogens is 122 g/mol. The highest BCUT2D eigenvalue weighted by Gasteiger charge is 2.00. The molecule has 4 heteroatoms. The van der Waals surface area contributed by atoms with Gasteiger partial charge in [0.05, 0.1) is 0 Å². The highest BCUT2D eigenvalue weighted by atomic mass is 32.2. The number of nitrogens with one attached hydrogen (secondary N) is 2. The van der Waals surface area contributed by atoms with Gasteiger partial charge in [-0.2, -0.15) is 0 Å². The summed E-state index contributed by atoms with van der Waals surface area (Å²) < 4.78 is 0. The molecule has 1 rings (SSSR count). The predicted molar refractivity (Wildman–Crippen MR) is 36.7 cm³/mol. The topological polar surface area (TPSA) is 36.4 Å². The largest absolute Gasteiger partial charge is 0.299 e. The Kier molecular flexibility index (Phi) is 2.17. The molecule has 1 heterocycles. The Hall–Kier alpha value is -0.220.